The van der Waals surface area contributed by atoms with Crippen molar-refractivity contribution in [1.29, 1.82) is 0 Å². The van der Waals surface area contributed by atoms with Crippen molar-refractivity contribution in [2.45, 2.75) is 52.6 Å². The summed E-state index contributed by atoms with van der Waals surface area (Å²) in [5, 5.41) is 7.07. The van der Waals surface area contributed by atoms with Gasteiger partial charge in [0.05, 0.1) is 11.7 Å². The number of esters is 1. The highest BCUT2D eigenvalue weighted by Gasteiger charge is 2.28. The number of nitrogens with zero attached hydrogens (tertiary/aromatic N) is 1. The van der Waals surface area contributed by atoms with Gasteiger partial charge in [0, 0.05) is 10.9 Å². The zero-order valence-electron chi connectivity index (χ0n) is 14.0. The van der Waals surface area contributed by atoms with Crippen LogP contribution < -0.4 is 5.32 Å². The minimum Gasteiger partial charge on any atom is -0.459 e. The molecular weight excluding hydrogens is 328 g/mol. The molecule has 0 saturated carbocycles. The number of nitrogens with one attached hydrogen (secondary N) is 1. The van der Waals surface area contributed by atoms with Gasteiger partial charge in [-0.3, -0.25) is 4.79 Å². The van der Waals surface area contributed by atoms with E-state index in [0.717, 1.165) is 36.1 Å². The summed E-state index contributed by atoms with van der Waals surface area (Å²) in [5.74, 6) is -0.204. The highest BCUT2D eigenvalue weighted by atomic mass is 32.1. The second-order valence-electron chi connectivity index (χ2n) is 6.15. The molecule has 1 amide bonds. The first-order valence-corrected chi connectivity index (χ1v) is 8.87. The number of amides is 1. The lowest BCUT2D eigenvalue weighted by Gasteiger charge is -2.14. The Morgan fingerprint density at radius 3 is 2.75 bits per heavy atom. The average Bonchev–Trinajstić information content (AvgIpc) is 3.09. The quantitative estimate of drug-likeness (QED) is 0.851. The predicted molar refractivity (Wildman–Crippen MR) is 90.7 cm³/mol. The number of carbonyl (C=O) groups excluding carboxylic acids is 2. The maximum Gasteiger partial charge on any atom is 0.341 e. The van der Waals surface area contributed by atoms with Crippen LogP contribution in [0.1, 0.15) is 63.7 Å². The molecule has 1 aliphatic rings. The fourth-order valence-corrected chi connectivity index (χ4v) is 4.06. The van der Waals surface area contributed by atoms with Crippen molar-refractivity contribution in [3.8, 4) is 0 Å². The minimum atomic E-state index is -0.385. The topological polar surface area (TPSA) is 81.4 Å². The molecule has 1 aliphatic carbocycles. The molecule has 2 aromatic heterocycles. The van der Waals surface area contributed by atoms with Crippen LogP contribution in [0.4, 0.5) is 5.00 Å². The van der Waals surface area contributed by atoms with Gasteiger partial charge >= 0.3 is 5.97 Å². The molecule has 6 nitrogen and oxygen atoms in total. The van der Waals surface area contributed by atoms with E-state index in [4.69, 9.17) is 9.26 Å². The van der Waals surface area contributed by atoms with Crippen LogP contribution in [0.3, 0.4) is 0 Å². The van der Waals surface area contributed by atoms with E-state index in [1.807, 2.05) is 13.8 Å². The Bertz CT molecular complexity index is 776. The normalized spacial score (nSPS) is 13.7. The maximum absolute atomic E-state index is 12.5. The summed E-state index contributed by atoms with van der Waals surface area (Å²) < 4.78 is 10.3. The van der Waals surface area contributed by atoms with Gasteiger partial charge in [-0.25, -0.2) is 4.79 Å². The molecule has 2 aromatic rings. The lowest BCUT2D eigenvalue weighted by Crippen LogP contribution is -2.18. The number of thiophene rings is 1. The Morgan fingerprint density at radius 2 is 2.08 bits per heavy atom. The van der Waals surface area contributed by atoms with Crippen LogP contribution in [0.5, 0.6) is 0 Å². The average molecular weight is 348 g/mol. The molecule has 0 bridgehead atoms. The van der Waals surface area contributed by atoms with Crippen LogP contribution in [-0.2, 0) is 17.6 Å². The van der Waals surface area contributed by atoms with E-state index < -0.39 is 0 Å². The molecule has 7 heteroatoms. The zero-order valence-corrected chi connectivity index (χ0v) is 14.8. The van der Waals surface area contributed by atoms with Crippen molar-refractivity contribution in [3.05, 3.63) is 33.5 Å². The van der Waals surface area contributed by atoms with Crippen LogP contribution in [0.15, 0.2) is 10.6 Å². The molecule has 2 heterocycles. The molecule has 1 N–H and O–H groups in total. The van der Waals surface area contributed by atoms with Crippen molar-refractivity contribution in [2.24, 2.45) is 0 Å². The van der Waals surface area contributed by atoms with E-state index in [2.05, 4.69) is 10.5 Å². The standard InChI is InChI=1S/C17H20N2O4S/c1-9(2)22-17(21)14-11-6-4-5-7-13(11)24-16(14)18-15(20)12-8-10(3)23-19-12/h8-9H,4-7H2,1-3H3,(H,18,20). The maximum atomic E-state index is 12.5. The molecule has 0 aliphatic heterocycles. The molecule has 128 valence electrons. The SMILES string of the molecule is Cc1cc(C(=O)Nc2sc3c(c2C(=O)OC(C)C)CCCC3)no1. The van der Waals surface area contributed by atoms with E-state index in [1.54, 1.807) is 13.0 Å². The second-order valence-corrected chi connectivity index (χ2v) is 7.25. The number of carbonyl (C=O) groups is 2. The molecule has 0 unspecified atom stereocenters. The van der Waals surface area contributed by atoms with Crippen molar-refractivity contribution in [2.75, 3.05) is 5.32 Å². The number of aryl methyl sites for hydroxylation is 2. The van der Waals surface area contributed by atoms with Crippen LogP contribution in [0.2, 0.25) is 0 Å². The Hall–Kier alpha value is -2.15. The molecule has 0 radical (unpaired) electrons. The van der Waals surface area contributed by atoms with Gasteiger partial charge in [0.2, 0.25) is 0 Å². The highest BCUT2D eigenvalue weighted by molar-refractivity contribution is 7.17. The summed E-state index contributed by atoms with van der Waals surface area (Å²) in [6.45, 7) is 5.35. The molecule has 0 aromatic carbocycles. The molecule has 0 saturated heterocycles. The first kappa shape index (κ1) is 16.7. The second kappa shape index (κ2) is 6.76. The Balaban J connectivity index is 1.92. The third-order valence-electron chi connectivity index (χ3n) is 3.81. The van der Waals surface area contributed by atoms with Gasteiger partial charge in [0.15, 0.2) is 5.69 Å². The summed E-state index contributed by atoms with van der Waals surface area (Å²) >= 11 is 1.46. The molecule has 24 heavy (non-hydrogen) atoms. The van der Waals surface area contributed by atoms with Gasteiger partial charge in [-0.15, -0.1) is 11.3 Å². The minimum absolute atomic E-state index is 0.196. The van der Waals surface area contributed by atoms with Crippen LogP contribution in [0.25, 0.3) is 0 Å². The van der Waals surface area contributed by atoms with Crippen molar-refractivity contribution < 1.29 is 18.8 Å². The lowest BCUT2D eigenvalue weighted by molar-refractivity contribution is 0.0378. The van der Waals surface area contributed by atoms with E-state index in [1.165, 1.54) is 11.3 Å². The molecular formula is C17H20N2O4S. The van der Waals surface area contributed by atoms with Gasteiger partial charge in [-0.1, -0.05) is 5.16 Å². The number of hydrogen-bond acceptors (Lipinski definition) is 6. The van der Waals surface area contributed by atoms with Gasteiger partial charge in [-0.2, -0.15) is 0 Å². The molecule has 0 fully saturated rings. The van der Waals surface area contributed by atoms with Crippen molar-refractivity contribution in [1.82, 2.24) is 5.16 Å². The Morgan fingerprint density at radius 1 is 1.33 bits per heavy atom. The summed E-state index contributed by atoms with van der Waals surface area (Å²) in [7, 11) is 0. The fourth-order valence-electron chi connectivity index (χ4n) is 2.78. The highest BCUT2D eigenvalue weighted by Crippen LogP contribution is 2.38. The summed E-state index contributed by atoms with van der Waals surface area (Å²) in [4.78, 5) is 26.0. The molecule has 0 atom stereocenters. The van der Waals surface area contributed by atoms with Crippen LogP contribution >= 0.6 is 11.3 Å². The number of anilines is 1. The smallest absolute Gasteiger partial charge is 0.341 e. The van der Waals surface area contributed by atoms with Gasteiger partial charge in [0.1, 0.15) is 10.8 Å². The van der Waals surface area contributed by atoms with Gasteiger partial charge in [-0.05, 0) is 52.0 Å². The van der Waals surface area contributed by atoms with E-state index in [9.17, 15) is 9.59 Å². The van der Waals surface area contributed by atoms with E-state index in [0.29, 0.717) is 16.3 Å². The van der Waals surface area contributed by atoms with Crippen molar-refractivity contribution in [3.63, 3.8) is 0 Å². The van der Waals surface area contributed by atoms with Gasteiger partial charge < -0.3 is 14.6 Å². The van der Waals surface area contributed by atoms with E-state index in [-0.39, 0.29) is 23.7 Å². The summed E-state index contributed by atoms with van der Waals surface area (Å²) in [5.41, 5.74) is 1.71. The number of fused-ring (bicyclic) bond motifs is 1. The summed E-state index contributed by atoms with van der Waals surface area (Å²) in [6.07, 6.45) is 3.70. The van der Waals surface area contributed by atoms with Crippen LogP contribution in [-0.4, -0.2) is 23.1 Å². The summed E-state index contributed by atoms with van der Waals surface area (Å²) in [6, 6.07) is 1.56. The third kappa shape index (κ3) is 3.36. The number of aromatic nitrogens is 1. The largest absolute Gasteiger partial charge is 0.459 e. The Kier molecular flexibility index (Phi) is 4.71. The first-order valence-electron chi connectivity index (χ1n) is 8.06. The Labute approximate surface area is 144 Å². The molecule has 0 spiro atoms. The third-order valence-corrected chi connectivity index (χ3v) is 5.01. The number of rotatable bonds is 4. The first-order chi connectivity index (χ1) is 11.5. The van der Waals surface area contributed by atoms with Crippen molar-refractivity contribution >= 4 is 28.2 Å². The predicted octanol–water partition coefficient (Wildman–Crippen LogP) is 3.74. The lowest BCUT2D eigenvalue weighted by atomic mass is 9.95. The van der Waals surface area contributed by atoms with Crippen LogP contribution in [0, 0.1) is 6.92 Å². The number of hydrogen-bond donors (Lipinski definition) is 1. The van der Waals surface area contributed by atoms with Gasteiger partial charge in [0.25, 0.3) is 5.91 Å². The number of ether oxygens (including phenoxy) is 1. The monoisotopic (exact) mass is 348 g/mol. The zero-order chi connectivity index (χ0) is 17.3. The molecule has 3 rings (SSSR count). The fraction of sp³-hybridized carbons (Fsp3) is 0.471. The van der Waals surface area contributed by atoms with E-state index >= 15 is 0 Å².